The van der Waals surface area contributed by atoms with Gasteiger partial charge in [0.2, 0.25) is 5.91 Å². The first kappa shape index (κ1) is 8.29. The van der Waals surface area contributed by atoms with Gasteiger partial charge >= 0.3 is 0 Å². The zero-order chi connectivity index (χ0) is 9.26. The molecule has 4 nitrogen and oxygen atoms in total. The third-order valence-corrected chi connectivity index (χ3v) is 2.46. The molecule has 0 saturated carbocycles. The molecule has 1 aliphatic rings. The average Bonchev–Trinajstić information content (AvgIpc) is 2.54. The third-order valence-electron chi connectivity index (χ3n) is 2.46. The Morgan fingerprint density at radius 2 is 2.38 bits per heavy atom. The van der Waals surface area contributed by atoms with Crippen LogP contribution in [0.3, 0.4) is 0 Å². The van der Waals surface area contributed by atoms with E-state index >= 15 is 0 Å². The van der Waals surface area contributed by atoms with Crippen LogP contribution in [0.15, 0.2) is 18.7 Å². The Hall–Kier alpha value is -1.32. The number of imidazole rings is 1. The summed E-state index contributed by atoms with van der Waals surface area (Å²) >= 11 is 0. The molecule has 4 heteroatoms. The van der Waals surface area contributed by atoms with Gasteiger partial charge < -0.3 is 9.47 Å². The number of nitrogens with zero attached hydrogens (tertiary/aromatic N) is 3. The highest BCUT2D eigenvalue weighted by Crippen LogP contribution is 2.20. The lowest BCUT2D eigenvalue weighted by atomic mass is 10.1. The Labute approximate surface area is 77.2 Å². The Kier molecular flexibility index (Phi) is 2.04. The highest BCUT2D eigenvalue weighted by Gasteiger charge is 2.30. The molecule has 0 bridgehead atoms. The van der Waals surface area contributed by atoms with Crippen molar-refractivity contribution in [2.45, 2.75) is 19.4 Å². The van der Waals surface area contributed by atoms with Crippen molar-refractivity contribution < 1.29 is 4.79 Å². The van der Waals surface area contributed by atoms with E-state index in [0.29, 0.717) is 12.5 Å². The van der Waals surface area contributed by atoms with Crippen LogP contribution in [0.5, 0.6) is 0 Å². The van der Waals surface area contributed by atoms with Gasteiger partial charge in [0.15, 0.2) is 0 Å². The van der Waals surface area contributed by atoms with Crippen LogP contribution < -0.4 is 0 Å². The summed E-state index contributed by atoms with van der Waals surface area (Å²) in [4.78, 5) is 17.1. The fraction of sp³-hybridized carbons (Fsp3) is 0.556. The molecule has 1 fully saturated rings. The molecular formula is C9H13N3O. The second kappa shape index (κ2) is 3.20. The number of hydrogen-bond acceptors (Lipinski definition) is 2. The predicted octanol–water partition coefficient (Wildman–Crippen LogP) is 0.676. The lowest BCUT2D eigenvalue weighted by Crippen LogP contribution is -2.50. The quantitative estimate of drug-likeness (QED) is 0.669. The second-order valence-electron chi connectivity index (χ2n) is 3.32. The van der Waals surface area contributed by atoms with Gasteiger partial charge in [0.25, 0.3) is 0 Å². The number of rotatable bonds is 2. The topological polar surface area (TPSA) is 38.1 Å². The molecule has 1 amide bonds. The molecule has 0 aliphatic carbocycles. The molecule has 0 N–H and O–H groups in total. The second-order valence-corrected chi connectivity index (χ2v) is 3.32. The minimum absolute atomic E-state index is 0.247. The van der Waals surface area contributed by atoms with Gasteiger partial charge in [-0.3, -0.25) is 4.79 Å². The highest BCUT2D eigenvalue weighted by atomic mass is 16.2. The molecule has 13 heavy (non-hydrogen) atoms. The summed E-state index contributed by atoms with van der Waals surface area (Å²) in [5, 5.41) is 0. The summed E-state index contributed by atoms with van der Waals surface area (Å²) in [5.74, 6) is 0.247. The number of amides is 1. The van der Waals surface area contributed by atoms with Crippen LogP contribution in [0.25, 0.3) is 0 Å². The van der Waals surface area contributed by atoms with Gasteiger partial charge in [0, 0.05) is 31.9 Å². The van der Waals surface area contributed by atoms with E-state index in [1.165, 1.54) is 0 Å². The number of carbonyl (C=O) groups excluding carboxylic acids is 1. The number of carbonyl (C=O) groups is 1. The monoisotopic (exact) mass is 179 g/mol. The molecule has 0 atom stereocenters. The SMILES string of the molecule is CCC(=O)N1CC(n2ccnc2)C1. The maximum Gasteiger partial charge on any atom is 0.222 e. The third kappa shape index (κ3) is 1.43. The van der Waals surface area contributed by atoms with Crippen LogP contribution >= 0.6 is 0 Å². The van der Waals surface area contributed by atoms with Gasteiger partial charge in [-0.05, 0) is 0 Å². The fourth-order valence-corrected chi connectivity index (χ4v) is 1.56. The van der Waals surface area contributed by atoms with Gasteiger partial charge in [-0.25, -0.2) is 4.98 Å². The van der Waals surface area contributed by atoms with Crippen LogP contribution in [0.2, 0.25) is 0 Å². The van der Waals surface area contributed by atoms with Crippen molar-refractivity contribution in [3.63, 3.8) is 0 Å². The van der Waals surface area contributed by atoms with E-state index in [1.807, 2.05) is 18.0 Å². The average molecular weight is 179 g/mol. The summed E-state index contributed by atoms with van der Waals surface area (Å²) in [7, 11) is 0. The molecule has 0 aromatic carbocycles. The van der Waals surface area contributed by atoms with E-state index in [-0.39, 0.29) is 5.91 Å². The number of likely N-dealkylation sites (tertiary alicyclic amines) is 1. The molecule has 2 heterocycles. The van der Waals surface area contributed by atoms with E-state index in [2.05, 4.69) is 9.55 Å². The van der Waals surface area contributed by atoms with Gasteiger partial charge in [-0.2, -0.15) is 0 Å². The first-order valence-electron chi connectivity index (χ1n) is 4.56. The Bertz CT molecular complexity index is 288. The van der Waals surface area contributed by atoms with Crippen LogP contribution in [-0.2, 0) is 4.79 Å². The van der Waals surface area contributed by atoms with Crippen molar-refractivity contribution in [2.75, 3.05) is 13.1 Å². The lowest BCUT2D eigenvalue weighted by molar-refractivity contribution is -0.136. The summed E-state index contributed by atoms with van der Waals surface area (Å²) < 4.78 is 2.06. The van der Waals surface area contributed by atoms with Crippen molar-refractivity contribution in [3.05, 3.63) is 18.7 Å². The van der Waals surface area contributed by atoms with Crippen molar-refractivity contribution in [3.8, 4) is 0 Å². The predicted molar refractivity (Wildman–Crippen MR) is 48.1 cm³/mol. The zero-order valence-electron chi connectivity index (χ0n) is 7.68. The standard InChI is InChI=1S/C9H13N3O/c1-2-9(13)12-5-8(6-12)11-4-3-10-7-11/h3-4,7-8H,2,5-6H2,1H3. The van der Waals surface area contributed by atoms with Gasteiger partial charge in [-0.1, -0.05) is 6.92 Å². The molecule has 0 spiro atoms. The first-order chi connectivity index (χ1) is 6.31. The molecule has 1 aromatic heterocycles. The smallest absolute Gasteiger partial charge is 0.222 e. The fourth-order valence-electron chi connectivity index (χ4n) is 1.56. The number of hydrogen-bond donors (Lipinski definition) is 0. The first-order valence-corrected chi connectivity index (χ1v) is 4.56. The Balaban J connectivity index is 1.89. The largest absolute Gasteiger partial charge is 0.338 e. The molecule has 2 rings (SSSR count). The maximum absolute atomic E-state index is 11.2. The van der Waals surface area contributed by atoms with Crippen LogP contribution in [0.1, 0.15) is 19.4 Å². The van der Waals surface area contributed by atoms with Crippen molar-refractivity contribution in [1.82, 2.24) is 14.5 Å². The van der Waals surface area contributed by atoms with Crippen molar-refractivity contribution in [2.24, 2.45) is 0 Å². The van der Waals surface area contributed by atoms with E-state index in [0.717, 1.165) is 13.1 Å². The van der Waals surface area contributed by atoms with Crippen molar-refractivity contribution in [1.29, 1.82) is 0 Å². The summed E-state index contributed by atoms with van der Waals surface area (Å²) in [6.45, 7) is 3.57. The number of aromatic nitrogens is 2. The lowest BCUT2D eigenvalue weighted by Gasteiger charge is -2.39. The molecule has 1 aliphatic heterocycles. The minimum Gasteiger partial charge on any atom is -0.338 e. The Morgan fingerprint density at radius 3 is 2.92 bits per heavy atom. The highest BCUT2D eigenvalue weighted by molar-refractivity contribution is 5.76. The molecule has 0 unspecified atom stereocenters. The van der Waals surface area contributed by atoms with E-state index in [1.54, 1.807) is 12.5 Å². The summed E-state index contributed by atoms with van der Waals surface area (Å²) in [6.07, 6.45) is 6.12. The van der Waals surface area contributed by atoms with E-state index in [4.69, 9.17) is 0 Å². The molecule has 70 valence electrons. The Morgan fingerprint density at radius 1 is 1.62 bits per heavy atom. The zero-order valence-corrected chi connectivity index (χ0v) is 7.68. The van der Waals surface area contributed by atoms with Gasteiger partial charge in [-0.15, -0.1) is 0 Å². The van der Waals surface area contributed by atoms with E-state index in [9.17, 15) is 4.79 Å². The summed E-state index contributed by atoms with van der Waals surface area (Å²) in [5.41, 5.74) is 0. The van der Waals surface area contributed by atoms with Gasteiger partial charge in [0.05, 0.1) is 12.4 Å². The van der Waals surface area contributed by atoms with E-state index < -0.39 is 0 Å². The van der Waals surface area contributed by atoms with Crippen LogP contribution in [-0.4, -0.2) is 33.4 Å². The minimum atomic E-state index is 0.247. The normalized spacial score (nSPS) is 17.2. The van der Waals surface area contributed by atoms with Crippen molar-refractivity contribution >= 4 is 5.91 Å². The molecular weight excluding hydrogens is 166 g/mol. The molecule has 1 saturated heterocycles. The summed E-state index contributed by atoms with van der Waals surface area (Å²) in [6, 6.07) is 0.443. The van der Waals surface area contributed by atoms with Crippen LogP contribution in [0, 0.1) is 0 Å². The molecule has 0 radical (unpaired) electrons. The molecule has 1 aromatic rings. The van der Waals surface area contributed by atoms with Crippen LogP contribution in [0.4, 0.5) is 0 Å². The van der Waals surface area contributed by atoms with Gasteiger partial charge in [0.1, 0.15) is 0 Å². The maximum atomic E-state index is 11.2.